The van der Waals surface area contributed by atoms with E-state index >= 15 is 0 Å². The third-order valence-electron chi connectivity index (χ3n) is 5.06. The van der Waals surface area contributed by atoms with Crippen molar-refractivity contribution < 1.29 is 18.7 Å². The Labute approximate surface area is 170 Å². The van der Waals surface area contributed by atoms with Gasteiger partial charge >= 0.3 is 5.97 Å². The summed E-state index contributed by atoms with van der Waals surface area (Å²) in [6, 6.07) is 9.38. The van der Waals surface area contributed by atoms with Crippen LogP contribution in [0.25, 0.3) is 6.08 Å². The highest BCUT2D eigenvalue weighted by atomic mass is 16.5. The molecule has 0 spiro atoms. The van der Waals surface area contributed by atoms with Crippen LogP contribution in [0.15, 0.2) is 40.8 Å². The monoisotopic (exact) mass is 397 g/mol. The van der Waals surface area contributed by atoms with Crippen molar-refractivity contribution in [3.63, 3.8) is 0 Å². The molecule has 2 heterocycles. The summed E-state index contributed by atoms with van der Waals surface area (Å²) in [6.07, 6.45) is 2.93. The largest absolute Gasteiger partial charge is 0.465 e. The quantitative estimate of drug-likeness (QED) is 0.596. The number of para-hydroxylation sites is 2. The lowest BCUT2D eigenvalue weighted by Gasteiger charge is -2.36. The fraction of sp³-hybridized carbons (Fsp3) is 0.364. The zero-order valence-corrected chi connectivity index (χ0v) is 17.1. The van der Waals surface area contributed by atoms with Crippen LogP contribution < -0.4 is 10.2 Å². The lowest BCUT2D eigenvalue weighted by Crippen LogP contribution is -2.46. The number of esters is 1. The summed E-state index contributed by atoms with van der Waals surface area (Å²) in [5.41, 5.74) is 2.15. The van der Waals surface area contributed by atoms with Crippen molar-refractivity contribution in [1.29, 1.82) is 0 Å². The van der Waals surface area contributed by atoms with Crippen LogP contribution >= 0.6 is 0 Å². The summed E-state index contributed by atoms with van der Waals surface area (Å²) in [7, 11) is 1.32. The number of aryl methyl sites for hydroxylation is 1. The number of amides is 1. The van der Waals surface area contributed by atoms with Crippen LogP contribution in [0.3, 0.4) is 0 Å². The standard InChI is InChI=1S/C22H27N3O4/c1-4-24-11-13-25(14-12-24)20-8-6-5-7-19(20)23-21(26)10-9-17-15-18(16(2)29-17)22(27)28-3/h5-10,15H,4,11-14H2,1-3H3,(H,23,26). The molecule has 7 heteroatoms. The third kappa shape index (κ3) is 5.06. The second-order valence-corrected chi connectivity index (χ2v) is 6.87. The van der Waals surface area contributed by atoms with E-state index in [1.54, 1.807) is 13.0 Å². The predicted octanol–water partition coefficient (Wildman–Crippen LogP) is 3.17. The Morgan fingerprint density at radius 3 is 2.62 bits per heavy atom. The SMILES string of the molecule is CCN1CCN(c2ccccc2NC(=O)C=Cc2cc(C(=O)OC)c(C)o2)CC1. The van der Waals surface area contributed by atoms with Gasteiger partial charge in [-0.1, -0.05) is 19.1 Å². The van der Waals surface area contributed by atoms with Gasteiger partial charge in [-0.05, 0) is 37.7 Å². The van der Waals surface area contributed by atoms with Crippen LogP contribution in [-0.4, -0.2) is 56.6 Å². The second kappa shape index (κ2) is 9.43. The zero-order valence-electron chi connectivity index (χ0n) is 17.1. The summed E-state index contributed by atoms with van der Waals surface area (Å²) in [5, 5.41) is 2.94. The number of methoxy groups -OCH3 is 1. The lowest BCUT2D eigenvalue weighted by atomic mass is 10.2. The molecule has 29 heavy (non-hydrogen) atoms. The van der Waals surface area contributed by atoms with E-state index in [-0.39, 0.29) is 5.91 Å². The minimum absolute atomic E-state index is 0.265. The number of furan rings is 1. The van der Waals surface area contributed by atoms with Crippen LogP contribution in [0, 0.1) is 6.92 Å². The Morgan fingerprint density at radius 2 is 1.93 bits per heavy atom. The summed E-state index contributed by atoms with van der Waals surface area (Å²) in [5.74, 6) is 0.140. The van der Waals surface area contributed by atoms with Gasteiger partial charge in [-0.25, -0.2) is 4.79 Å². The number of carbonyl (C=O) groups is 2. The number of rotatable bonds is 6. The van der Waals surface area contributed by atoms with Crippen molar-refractivity contribution in [3.05, 3.63) is 53.5 Å². The van der Waals surface area contributed by atoms with E-state index in [1.165, 1.54) is 19.3 Å². The van der Waals surface area contributed by atoms with E-state index in [1.807, 2.05) is 24.3 Å². The summed E-state index contributed by atoms with van der Waals surface area (Å²) < 4.78 is 10.2. The average Bonchev–Trinajstić information content (AvgIpc) is 3.13. The number of anilines is 2. The molecule has 2 aromatic rings. The van der Waals surface area contributed by atoms with E-state index in [4.69, 9.17) is 9.15 Å². The first-order valence-corrected chi connectivity index (χ1v) is 9.76. The molecule has 1 aromatic heterocycles. The number of carbonyl (C=O) groups excluding carboxylic acids is 2. The number of benzene rings is 1. The van der Waals surface area contributed by atoms with Crippen molar-refractivity contribution in [2.75, 3.05) is 50.1 Å². The first-order valence-electron chi connectivity index (χ1n) is 9.76. The normalized spacial score (nSPS) is 14.9. The van der Waals surface area contributed by atoms with Gasteiger partial charge in [0, 0.05) is 32.3 Å². The molecule has 1 aliphatic heterocycles. The molecule has 1 aromatic carbocycles. The number of nitrogens with zero attached hydrogens (tertiary/aromatic N) is 2. The fourth-order valence-electron chi connectivity index (χ4n) is 3.39. The van der Waals surface area contributed by atoms with Crippen molar-refractivity contribution in [3.8, 4) is 0 Å². The molecule has 154 valence electrons. The smallest absolute Gasteiger partial charge is 0.341 e. The number of piperazine rings is 1. The Balaban J connectivity index is 1.67. The molecule has 0 saturated carbocycles. The number of hydrogen-bond acceptors (Lipinski definition) is 6. The molecular weight excluding hydrogens is 370 g/mol. The molecule has 1 saturated heterocycles. The van der Waals surface area contributed by atoms with Crippen LogP contribution in [0.4, 0.5) is 11.4 Å². The molecule has 0 bridgehead atoms. The van der Waals surface area contributed by atoms with Crippen molar-refractivity contribution in [1.82, 2.24) is 4.90 Å². The van der Waals surface area contributed by atoms with Crippen molar-refractivity contribution >= 4 is 29.3 Å². The highest BCUT2D eigenvalue weighted by molar-refractivity contribution is 6.03. The maximum absolute atomic E-state index is 12.4. The fourth-order valence-corrected chi connectivity index (χ4v) is 3.39. The summed E-state index contributed by atoms with van der Waals surface area (Å²) in [6.45, 7) is 8.79. The van der Waals surface area contributed by atoms with Gasteiger partial charge in [-0.15, -0.1) is 0 Å². The molecule has 3 rings (SSSR count). The van der Waals surface area contributed by atoms with Gasteiger partial charge < -0.3 is 24.3 Å². The molecule has 1 amide bonds. The minimum Gasteiger partial charge on any atom is -0.465 e. The maximum Gasteiger partial charge on any atom is 0.341 e. The van der Waals surface area contributed by atoms with E-state index < -0.39 is 5.97 Å². The van der Waals surface area contributed by atoms with Crippen molar-refractivity contribution in [2.45, 2.75) is 13.8 Å². The Bertz CT molecular complexity index is 895. The predicted molar refractivity (Wildman–Crippen MR) is 113 cm³/mol. The van der Waals surface area contributed by atoms with E-state index in [2.05, 4.69) is 22.0 Å². The maximum atomic E-state index is 12.4. The lowest BCUT2D eigenvalue weighted by molar-refractivity contribution is -0.111. The van der Waals surface area contributed by atoms with Gasteiger partial charge in [0.2, 0.25) is 5.91 Å². The number of nitrogens with one attached hydrogen (secondary N) is 1. The summed E-state index contributed by atoms with van der Waals surface area (Å²) >= 11 is 0. The molecule has 1 aliphatic rings. The van der Waals surface area contributed by atoms with Gasteiger partial charge in [0.25, 0.3) is 0 Å². The molecule has 0 atom stereocenters. The topological polar surface area (TPSA) is 75.0 Å². The van der Waals surface area contributed by atoms with Crippen LogP contribution in [0.2, 0.25) is 0 Å². The molecular formula is C22H27N3O4. The minimum atomic E-state index is -0.465. The van der Waals surface area contributed by atoms with Crippen LogP contribution in [-0.2, 0) is 9.53 Å². The van der Waals surface area contributed by atoms with Crippen LogP contribution in [0.1, 0.15) is 28.8 Å². The molecule has 7 nitrogen and oxygen atoms in total. The third-order valence-corrected chi connectivity index (χ3v) is 5.06. The molecule has 1 N–H and O–H groups in total. The molecule has 0 unspecified atom stereocenters. The van der Waals surface area contributed by atoms with E-state index in [0.29, 0.717) is 17.1 Å². The van der Waals surface area contributed by atoms with E-state index in [0.717, 1.165) is 44.1 Å². The van der Waals surface area contributed by atoms with Crippen LogP contribution in [0.5, 0.6) is 0 Å². The number of likely N-dealkylation sites (N-methyl/N-ethyl adjacent to an activating group) is 1. The van der Waals surface area contributed by atoms with Crippen molar-refractivity contribution in [2.24, 2.45) is 0 Å². The number of ether oxygens (including phenoxy) is 1. The van der Waals surface area contributed by atoms with Gasteiger partial charge in [0.15, 0.2) is 0 Å². The summed E-state index contributed by atoms with van der Waals surface area (Å²) in [4.78, 5) is 28.8. The zero-order chi connectivity index (χ0) is 20.8. The first-order chi connectivity index (χ1) is 14.0. The Morgan fingerprint density at radius 1 is 1.21 bits per heavy atom. The van der Waals surface area contributed by atoms with Gasteiger partial charge in [-0.2, -0.15) is 0 Å². The molecule has 0 radical (unpaired) electrons. The highest BCUT2D eigenvalue weighted by Crippen LogP contribution is 2.26. The highest BCUT2D eigenvalue weighted by Gasteiger charge is 2.18. The second-order valence-electron chi connectivity index (χ2n) is 6.87. The molecule has 0 aliphatic carbocycles. The Kier molecular flexibility index (Phi) is 6.72. The average molecular weight is 397 g/mol. The van der Waals surface area contributed by atoms with Gasteiger partial charge in [-0.3, -0.25) is 4.79 Å². The number of hydrogen-bond donors (Lipinski definition) is 1. The first kappa shape index (κ1) is 20.7. The molecule has 1 fully saturated rings. The Hall–Kier alpha value is -3.06. The van der Waals surface area contributed by atoms with Gasteiger partial charge in [0.1, 0.15) is 17.1 Å². The van der Waals surface area contributed by atoms with Gasteiger partial charge in [0.05, 0.1) is 18.5 Å². The van der Waals surface area contributed by atoms with E-state index in [9.17, 15) is 9.59 Å².